The van der Waals surface area contributed by atoms with Crippen molar-refractivity contribution in [2.45, 2.75) is 26.2 Å². The maximum atomic E-state index is 11.4. The zero-order valence-electron chi connectivity index (χ0n) is 7.66. The fraction of sp³-hybridized carbons (Fsp3) is 0.800. The second kappa shape index (κ2) is 2.82. The highest BCUT2D eigenvalue weighted by Gasteiger charge is 2.49. The third-order valence-electron chi connectivity index (χ3n) is 3.68. The van der Waals surface area contributed by atoms with E-state index in [1.165, 1.54) is 0 Å². The molecule has 0 heterocycles. The van der Waals surface area contributed by atoms with Gasteiger partial charge in [-0.3, -0.25) is 4.79 Å². The Hall–Kier alpha value is -0.860. The number of aliphatic carboxylic acids is 1. The summed E-state index contributed by atoms with van der Waals surface area (Å²) >= 11 is 0. The van der Waals surface area contributed by atoms with Crippen LogP contribution < -0.4 is 5.11 Å². The van der Waals surface area contributed by atoms with Crippen LogP contribution in [-0.4, -0.2) is 11.8 Å². The molecule has 2 aliphatic rings. The summed E-state index contributed by atoms with van der Waals surface area (Å²) in [5.74, 6) is -0.768. The Morgan fingerprint density at radius 1 is 1.54 bits per heavy atom. The first kappa shape index (κ1) is 8.73. The highest BCUT2D eigenvalue weighted by Crippen LogP contribution is 2.50. The number of carbonyl (C=O) groups is 2. The lowest BCUT2D eigenvalue weighted by Crippen LogP contribution is -2.36. The van der Waals surface area contributed by atoms with Crippen molar-refractivity contribution >= 4 is 11.8 Å². The van der Waals surface area contributed by atoms with Crippen LogP contribution in [0.3, 0.4) is 0 Å². The third kappa shape index (κ3) is 1.18. The summed E-state index contributed by atoms with van der Waals surface area (Å²) in [6.07, 6.45) is 2.53. The zero-order valence-corrected chi connectivity index (χ0v) is 7.66. The third-order valence-corrected chi connectivity index (χ3v) is 3.68. The van der Waals surface area contributed by atoms with E-state index in [2.05, 4.69) is 0 Å². The van der Waals surface area contributed by atoms with Crippen LogP contribution in [0.2, 0.25) is 0 Å². The normalized spacial score (nSPS) is 39.5. The van der Waals surface area contributed by atoms with Crippen LogP contribution in [0.1, 0.15) is 26.2 Å². The van der Waals surface area contributed by atoms with Gasteiger partial charge in [0.1, 0.15) is 5.78 Å². The highest BCUT2D eigenvalue weighted by atomic mass is 16.4. The number of carboxylic acids is 1. The van der Waals surface area contributed by atoms with Crippen molar-refractivity contribution in [2.75, 3.05) is 0 Å². The maximum absolute atomic E-state index is 11.4. The van der Waals surface area contributed by atoms with Crippen LogP contribution in [0.15, 0.2) is 0 Å². The molecule has 2 rings (SSSR count). The van der Waals surface area contributed by atoms with E-state index in [-0.39, 0.29) is 17.6 Å². The largest absolute Gasteiger partial charge is 0.550 e. The lowest BCUT2D eigenvalue weighted by Gasteiger charge is -2.23. The van der Waals surface area contributed by atoms with Crippen LogP contribution >= 0.6 is 0 Å². The van der Waals surface area contributed by atoms with Gasteiger partial charge < -0.3 is 9.90 Å². The Morgan fingerprint density at radius 2 is 2.23 bits per heavy atom. The van der Waals surface area contributed by atoms with Gasteiger partial charge in [0, 0.05) is 18.3 Å². The molecule has 4 atom stereocenters. The molecule has 2 bridgehead atoms. The van der Waals surface area contributed by atoms with Gasteiger partial charge >= 0.3 is 0 Å². The van der Waals surface area contributed by atoms with Crippen LogP contribution in [0.4, 0.5) is 0 Å². The molecule has 0 spiro atoms. The summed E-state index contributed by atoms with van der Waals surface area (Å²) in [4.78, 5) is 22.0. The van der Waals surface area contributed by atoms with Gasteiger partial charge in [0.25, 0.3) is 0 Å². The molecule has 0 aromatic heterocycles. The Morgan fingerprint density at radius 3 is 2.62 bits per heavy atom. The summed E-state index contributed by atoms with van der Waals surface area (Å²) in [5.41, 5.74) is 0. The quantitative estimate of drug-likeness (QED) is 0.602. The van der Waals surface area contributed by atoms with Crippen LogP contribution in [0, 0.1) is 23.7 Å². The number of hydrogen-bond donors (Lipinski definition) is 0. The Labute approximate surface area is 77.1 Å². The molecule has 0 aliphatic heterocycles. The fourth-order valence-corrected chi connectivity index (χ4v) is 3.04. The van der Waals surface area contributed by atoms with Crippen molar-refractivity contribution in [3.8, 4) is 0 Å². The minimum atomic E-state index is -1.00. The number of fused-ring (bicyclic) bond motifs is 2. The molecule has 0 radical (unpaired) electrons. The molecule has 0 aromatic carbocycles. The molecule has 4 unspecified atom stereocenters. The summed E-state index contributed by atoms with van der Waals surface area (Å²) in [7, 11) is 0. The first-order chi connectivity index (χ1) is 6.11. The molecule has 0 aromatic rings. The molecule has 0 saturated heterocycles. The van der Waals surface area contributed by atoms with Gasteiger partial charge in [0.15, 0.2) is 0 Å². The maximum Gasteiger partial charge on any atom is 0.136 e. The van der Waals surface area contributed by atoms with E-state index in [4.69, 9.17) is 0 Å². The molecular formula is C10H13O3-. The molecule has 0 N–H and O–H groups in total. The molecule has 72 valence electrons. The van der Waals surface area contributed by atoms with Crippen molar-refractivity contribution in [3.63, 3.8) is 0 Å². The molecule has 3 heteroatoms. The standard InChI is InChI=1S/C10H14O3/c1-5(10(12)13)9-6-2-3-7(9)8(11)4-6/h5-7,9H,2-4H2,1H3,(H,12,13)/p-1. The first-order valence-electron chi connectivity index (χ1n) is 4.85. The van der Waals surface area contributed by atoms with E-state index in [0.717, 1.165) is 12.8 Å². The van der Waals surface area contributed by atoms with E-state index in [1.54, 1.807) is 6.92 Å². The van der Waals surface area contributed by atoms with Gasteiger partial charge in [0.2, 0.25) is 0 Å². The smallest absolute Gasteiger partial charge is 0.136 e. The molecule has 0 amide bonds. The average Bonchev–Trinajstić information content (AvgIpc) is 2.58. The van der Waals surface area contributed by atoms with E-state index in [0.29, 0.717) is 12.3 Å². The second-order valence-corrected chi connectivity index (χ2v) is 4.30. The zero-order chi connectivity index (χ0) is 9.59. The summed E-state index contributed by atoms with van der Waals surface area (Å²) < 4.78 is 0. The van der Waals surface area contributed by atoms with Crippen LogP contribution in [-0.2, 0) is 9.59 Å². The molecule has 2 fully saturated rings. The fourth-order valence-electron chi connectivity index (χ4n) is 3.04. The van der Waals surface area contributed by atoms with Crippen molar-refractivity contribution < 1.29 is 14.7 Å². The van der Waals surface area contributed by atoms with Gasteiger partial charge in [-0.2, -0.15) is 0 Å². The molecule has 3 nitrogen and oxygen atoms in total. The lowest BCUT2D eigenvalue weighted by atomic mass is 9.85. The number of Topliss-reactive ketones (excluding diaryl/α,β-unsaturated/α-hetero) is 1. The average molecular weight is 181 g/mol. The minimum absolute atomic E-state index is 0.0258. The Bertz CT molecular complexity index is 259. The first-order valence-corrected chi connectivity index (χ1v) is 4.85. The van der Waals surface area contributed by atoms with Gasteiger partial charge in [0.05, 0.1) is 0 Å². The predicted octanol–water partition coefficient (Wildman–Crippen LogP) is -0.0124. The molecule has 2 aliphatic carbocycles. The predicted molar refractivity (Wildman–Crippen MR) is 43.5 cm³/mol. The number of carboxylic acid groups (broad SMARTS) is 1. The number of carbonyl (C=O) groups excluding carboxylic acids is 2. The van der Waals surface area contributed by atoms with E-state index in [1.807, 2.05) is 0 Å². The summed E-state index contributed by atoms with van der Waals surface area (Å²) in [5, 5.41) is 10.7. The number of rotatable bonds is 2. The van der Waals surface area contributed by atoms with Gasteiger partial charge in [-0.15, -0.1) is 0 Å². The van der Waals surface area contributed by atoms with Crippen molar-refractivity contribution in [2.24, 2.45) is 23.7 Å². The summed E-state index contributed by atoms with van der Waals surface area (Å²) in [6, 6.07) is 0. The van der Waals surface area contributed by atoms with Gasteiger partial charge in [-0.1, -0.05) is 6.92 Å². The Kier molecular flexibility index (Phi) is 1.90. The SMILES string of the molecule is CC(C(=O)[O-])C1C2CCC1C(=O)C2. The van der Waals surface area contributed by atoms with Gasteiger partial charge in [-0.05, 0) is 30.6 Å². The van der Waals surface area contributed by atoms with E-state index in [9.17, 15) is 14.7 Å². The number of hydrogen-bond acceptors (Lipinski definition) is 3. The van der Waals surface area contributed by atoms with Crippen molar-refractivity contribution in [3.05, 3.63) is 0 Å². The highest BCUT2D eigenvalue weighted by molar-refractivity contribution is 5.86. The van der Waals surface area contributed by atoms with E-state index >= 15 is 0 Å². The Balaban J connectivity index is 2.17. The van der Waals surface area contributed by atoms with Crippen molar-refractivity contribution in [1.82, 2.24) is 0 Å². The molecule has 13 heavy (non-hydrogen) atoms. The molecule has 2 saturated carbocycles. The minimum Gasteiger partial charge on any atom is -0.550 e. The van der Waals surface area contributed by atoms with Crippen LogP contribution in [0.5, 0.6) is 0 Å². The second-order valence-electron chi connectivity index (χ2n) is 4.30. The molecular weight excluding hydrogens is 168 g/mol. The van der Waals surface area contributed by atoms with Gasteiger partial charge in [-0.25, -0.2) is 0 Å². The lowest BCUT2D eigenvalue weighted by molar-refractivity contribution is -0.313. The van der Waals surface area contributed by atoms with Crippen molar-refractivity contribution in [1.29, 1.82) is 0 Å². The number of ketones is 1. The summed E-state index contributed by atoms with van der Waals surface area (Å²) in [6.45, 7) is 1.67. The monoisotopic (exact) mass is 181 g/mol. The van der Waals surface area contributed by atoms with E-state index < -0.39 is 11.9 Å². The van der Waals surface area contributed by atoms with Crippen LogP contribution in [0.25, 0.3) is 0 Å². The topological polar surface area (TPSA) is 57.2 Å².